The molecule has 0 saturated carbocycles. The number of sulfonamides is 1. The minimum absolute atomic E-state index is 0.0451. The number of carbonyl (C=O) groups excluding carboxylic acids is 1. The minimum Gasteiger partial charge on any atom is -0.457 e. The summed E-state index contributed by atoms with van der Waals surface area (Å²) in [5, 5.41) is 5.93. The zero-order valence-electron chi connectivity index (χ0n) is 17.4. The highest BCUT2D eigenvalue weighted by molar-refractivity contribution is 7.89. The van der Waals surface area contributed by atoms with Gasteiger partial charge >= 0.3 is 6.03 Å². The number of nitrogens with one attached hydrogen (secondary N) is 2. The molecule has 3 rings (SSSR count). The van der Waals surface area contributed by atoms with Crippen LogP contribution < -0.4 is 15.4 Å². The molecule has 1 saturated heterocycles. The van der Waals surface area contributed by atoms with Crippen molar-refractivity contribution in [3.05, 3.63) is 60.2 Å². The van der Waals surface area contributed by atoms with E-state index in [-0.39, 0.29) is 23.9 Å². The van der Waals surface area contributed by atoms with E-state index in [1.165, 1.54) is 4.31 Å². The third-order valence-electron chi connectivity index (χ3n) is 5.25. The molecule has 2 aromatic carbocycles. The van der Waals surface area contributed by atoms with E-state index in [4.69, 9.17) is 4.74 Å². The van der Waals surface area contributed by atoms with Gasteiger partial charge in [-0.1, -0.05) is 36.4 Å². The second kappa shape index (κ2) is 9.95. The second-order valence-corrected chi connectivity index (χ2v) is 9.62. The lowest BCUT2D eigenvalue weighted by molar-refractivity contribution is 0.224. The highest BCUT2D eigenvalue weighted by atomic mass is 32.2. The van der Waals surface area contributed by atoms with Gasteiger partial charge < -0.3 is 15.4 Å². The Bertz CT molecular complexity index is 942. The fourth-order valence-electron chi connectivity index (χ4n) is 3.51. The van der Waals surface area contributed by atoms with E-state index >= 15 is 0 Å². The van der Waals surface area contributed by atoms with Crippen LogP contribution in [0, 0.1) is 0 Å². The Morgan fingerprint density at radius 3 is 2.40 bits per heavy atom. The first-order chi connectivity index (χ1) is 14.4. The zero-order chi connectivity index (χ0) is 21.6. The van der Waals surface area contributed by atoms with Gasteiger partial charge in [-0.3, -0.25) is 0 Å². The van der Waals surface area contributed by atoms with Crippen molar-refractivity contribution in [1.82, 2.24) is 14.9 Å². The number of urea groups is 1. The maximum absolute atomic E-state index is 12.5. The smallest absolute Gasteiger partial charge is 0.315 e. The highest BCUT2D eigenvalue weighted by Gasteiger charge is 2.27. The van der Waals surface area contributed by atoms with E-state index in [9.17, 15) is 13.2 Å². The van der Waals surface area contributed by atoms with Gasteiger partial charge in [0.05, 0.1) is 11.8 Å². The van der Waals surface area contributed by atoms with Gasteiger partial charge in [-0.2, -0.15) is 0 Å². The van der Waals surface area contributed by atoms with Crippen LogP contribution in [-0.2, 0) is 10.0 Å². The lowest BCUT2D eigenvalue weighted by Gasteiger charge is -2.31. The molecule has 2 N–H and O–H groups in total. The summed E-state index contributed by atoms with van der Waals surface area (Å²) in [5.41, 5.74) is 0.875. The van der Waals surface area contributed by atoms with E-state index in [1.807, 2.05) is 61.5 Å². The van der Waals surface area contributed by atoms with Gasteiger partial charge in [0, 0.05) is 24.7 Å². The Hall–Kier alpha value is -2.58. The van der Waals surface area contributed by atoms with Crippen LogP contribution in [0.4, 0.5) is 4.79 Å². The summed E-state index contributed by atoms with van der Waals surface area (Å²) in [6.07, 6.45) is 1.21. The average molecular weight is 432 g/mol. The fourth-order valence-corrected chi connectivity index (χ4v) is 4.64. The summed E-state index contributed by atoms with van der Waals surface area (Å²) in [5.74, 6) is 1.53. The summed E-state index contributed by atoms with van der Waals surface area (Å²) in [4.78, 5) is 12.5. The first-order valence-electron chi connectivity index (χ1n) is 10.3. The van der Waals surface area contributed by atoms with Gasteiger partial charge in [0.25, 0.3) is 0 Å². The summed E-state index contributed by atoms with van der Waals surface area (Å²) < 4.78 is 31.4. The van der Waals surface area contributed by atoms with E-state index in [0.29, 0.717) is 31.7 Å². The van der Waals surface area contributed by atoms with E-state index in [0.717, 1.165) is 11.3 Å². The van der Waals surface area contributed by atoms with E-state index in [1.54, 1.807) is 6.92 Å². The third-order valence-corrected chi connectivity index (χ3v) is 7.13. The molecule has 0 bridgehead atoms. The molecular formula is C22H29N3O4S. The minimum atomic E-state index is -3.17. The topological polar surface area (TPSA) is 87.7 Å². The van der Waals surface area contributed by atoms with Crippen LogP contribution in [0.15, 0.2) is 54.6 Å². The molecule has 2 amide bonds. The molecule has 0 radical (unpaired) electrons. The highest BCUT2D eigenvalue weighted by Crippen LogP contribution is 2.29. The number of hydrogen-bond acceptors (Lipinski definition) is 4. The number of amides is 2. The Balaban J connectivity index is 1.55. The van der Waals surface area contributed by atoms with Crippen LogP contribution in [0.5, 0.6) is 11.5 Å². The van der Waals surface area contributed by atoms with Crippen LogP contribution in [0.3, 0.4) is 0 Å². The summed E-state index contributed by atoms with van der Waals surface area (Å²) in [6.45, 7) is 4.42. The number of ether oxygens (including phenoxy) is 1. The van der Waals surface area contributed by atoms with Crippen LogP contribution in [0.2, 0.25) is 0 Å². The van der Waals surface area contributed by atoms with Gasteiger partial charge in [0.1, 0.15) is 11.5 Å². The zero-order valence-corrected chi connectivity index (χ0v) is 18.2. The van der Waals surface area contributed by atoms with Crippen molar-refractivity contribution >= 4 is 16.1 Å². The van der Waals surface area contributed by atoms with Crippen molar-refractivity contribution in [3.63, 3.8) is 0 Å². The SMILES string of the molecule is CCS(=O)(=O)N1CCC(NC(=O)NC(C)c2ccccc2Oc2ccccc2)CC1. The number of carbonyl (C=O) groups is 1. The quantitative estimate of drug-likeness (QED) is 0.700. The summed E-state index contributed by atoms with van der Waals surface area (Å²) in [7, 11) is -3.17. The van der Waals surface area contributed by atoms with Crippen LogP contribution in [0.1, 0.15) is 38.3 Å². The number of rotatable bonds is 7. The third kappa shape index (κ3) is 5.73. The molecule has 1 aliphatic rings. The Morgan fingerprint density at radius 2 is 1.73 bits per heavy atom. The normalized spacial score (nSPS) is 16.6. The molecule has 1 fully saturated rings. The van der Waals surface area contributed by atoms with Crippen molar-refractivity contribution in [2.24, 2.45) is 0 Å². The molecular weight excluding hydrogens is 402 g/mol. The maximum Gasteiger partial charge on any atom is 0.315 e. The standard InChI is InChI=1S/C22H29N3O4S/c1-3-30(27,28)25-15-13-18(14-16-25)24-22(26)23-17(2)20-11-7-8-12-21(20)29-19-9-5-4-6-10-19/h4-12,17-18H,3,13-16H2,1-2H3,(H2,23,24,26). The Kier molecular flexibility index (Phi) is 7.33. The van der Waals surface area contributed by atoms with Crippen LogP contribution in [0.25, 0.3) is 0 Å². The lowest BCUT2D eigenvalue weighted by atomic mass is 10.1. The first-order valence-corrected chi connectivity index (χ1v) is 11.9. The van der Waals surface area contributed by atoms with Crippen molar-refractivity contribution < 1.29 is 17.9 Å². The monoisotopic (exact) mass is 431 g/mol. The molecule has 1 aliphatic heterocycles. The first kappa shape index (κ1) is 22.1. The van der Waals surface area contributed by atoms with Gasteiger partial charge in [0.2, 0.25) is 10.0 Å². The summed E-state index contributed by atoms with van der Waals surface area (Å²) >= 11 is 0. The van der Waals surface area contributed by atoms with Gasteiger partial charge in [-0.25, -0.2) is 17.5 Å². The largest absolute Gasteiger partial charge is 0.457 e. The molecule has 0 aliphatic carbocycles. The molecule has 162 valence electrons. The molecule has 1 unspecified atom stereocenters. The predicted molar refractivity (Wildman–Crippen MR) is 117 cm³/mol. The lowest BCUT2D eigenvalue weighted by Crippen LogP contribution is -2.49. The average Bonchev–Trinajstić information content (AvgIpc) is 2.75. The number of piperidine rings is 1. The number of hydrogen-bond donors (Lipinski definition) is 2. The van der Waals surface area contributed by atoms with E-state index < -0.39 is 10.0 Å². The van der Waals surface area contributed by atoms with Crippen LogP contribution >= 0.6 is 0 Å². The number of nitrogens with zero attached hydrogens (tertiary/aromatic N) is 1. The van der Waals surface area contributed by atoms with E-state index in [2.05, 4.69) is 10.6 Å². The van der Waals surface area contributed by atoms with Gasteiger partial charge in [-0.15, -0.1) is 0 Å². The van der Waals surface area contributed by atoms with Gasteiger partial charge in [-0.05, 0) is 44.9 Å². The van der Waals surface area contributed by atoms with Crippen molar-refractivity contribution in [2.45, 2.75) is 38.8 Å². The Morgan fingerprint density at radius 1 is 1.10 bits per heavy atom. The maximum atomic E-state index is 12.5. The fraction of sp³-hybridized carbons (Fsp3) is 0.409. The summed E-state index contributed by atoms with van der Waals surface area (Å²) in [6, 6.07) is 16.5. The van der Waals surface area contributed by atoms with Crippen molar-refractivity contribution in [2.75, 3.05) is 18.8 Å². The van der Waals surface area contributed by atoms with Crippen LogP contribution in [-0.4, -0.2) is 43.6 Å². The number of benzene rings is 2. The molecule has 1 atom stereocenters. The number of para-hydroxylation sites is 2. The predicted octanol–water partition coefficient (Wildman–Crippen LogP) is 3.65. The second-order valence-electron chi connectivity index (χ2n) is 7.37. The molecule has 1 heterocycles. The van der Waals surface area contributed by atoms with Crippen molar-refractivity contribution in [3.8, 4) is 11.5 Å². The molecule has 0 aromatic heterocycles. The van der Waals surface area contributed by atoms with Gasteiger partial charge in [0.15, 0.2) is 0 Å². The molecule has 7 nitrogen and oxygen atoms in total. The molecule has 8 heteroatoms. The molecule has 0 spiro atoms. The Labute approximate surface area is 178 Å². The van der Waals surface area contributed by atoms with Crippen molar-refractivity contribution in [1.29, 1.82) is 0 Å². The molecule has 30 heavy (non-hydrogen) atoms. The molecule has 2 aromatic rings.